The standard InChI is InChI=1S/C15H18BrNO3/c16-12-4-2-1-3-11(12)15(18)17-10-5-6-13-14(9-10)20-8-7-19-13/h1-4,10,13-14H,5-9H2,(H,17,18)/t10-,13+,14-/m1/s1. The number of ether oxygens (including phenoxy) is 2. The van der Waals surface area contributed by atoms with Crippen molar-refractivity contribution in [3.8, 4) is 0 Å². The van der Waals surface area contributed by atoms with E-state index in [1.807, 2.05) is 24.3 Å². The summed E-state index contributed by atoms with van der Waals surface area (Å²) in [4.78, 5) is 12.3. The van der Waals surface area contributed by atoms with Crippen LogP contribution in [0.3, 0.4) is 0 Å². The summed E-state index contributed by atoms with van der Waals surface area (Å²) in [5, 5.41) is 3.10. The SMILES string of the molecule is O=C(N[C@@H]1CC[C@@H]2OCCO[C@@H]2C1)c1ccccc1Br. The van der Waals surface area contributed by atoms with Gasteiger partial charge in [-0.15, -0.1) is 0 Å². The second-order valence-corrected chi connectivity index (χ2v) is 6.14. The Labute approximate surface area is 127 Å². The maximum atomic E-state index is 12.3. The zero-order valence-corrected chi connectivity index (χ0v) is 12.8. The number of halogens is 1. The molecule has 108 valence electrons. The van der Waals surface area contributed by atoms with Gasteiger partial charge in [-0.2, -0.15) is 0 Å². The van der Waals surface area contributed by atoms with Crippen LogP contribution in [-0.4, -0.2) is 37.4 Å². The minimum atomic E-state index is -0.0300. The van der Waals surface area contributed by atoms with Gasteiger partial charge in [-0.25, -0.2) is 0 Å². The molecule has 20 heavy (non-hydrogen) atoms. The highest BCUT2D eigenvalue weighted by molar-refractivity contribution is 9.10. The lowest BCUT2D eigenvalue weighted by molar-refractivity contribution is -0.157. The van der Waals surface area contributed by atoms with Crippen LogP contribution in [0.25, 0.3) is 0 Å². The summed E-state index contributed by atoms with van der Waals surface area (Å²) in [5.41, 5.74) is 0.676. The molecule has 0 unspecified atom stereocenters. The molecule has 0 radical (unpaired) electrons. The Bertz CT molecular complexity index is 494. The van der Waals surface area contributed by atoms with E-state index in [0.29, 0.717) is 18.8 Å². The lowest BCUT2D eigenvalue weighted by atomic mass is 9.89. The van der Waals surface area contributed by atoms with Crippen LogP contribution < -0.4 is 5.32 Å². The summed E-state index contributed by atoms with van der Waals surface area (Å²) in [6.07, 6.45) is 3.06. The number of rotatable bonds is 2. The van der Waals surface area contributed by atoms with Crippen LogP contribution in [0, 0.1) is 0 Å². The average molecular weight is 340 g/mol. The summed E-state index contributed by atoms with van der Waals surface area (Å²) in [6, 6.07) is 7.64. The first-order valence-corrected chi connectivity index (χ1v) is 7.82. The van der Waals surface area contributed by atoms with Crippen LogP contribution in [0.2, 0.25) is 0 Å². The molecule has 1 aromatic rings. The highest BCUT2D eigenvalue weighted by Crippen LogP contribution is 2.27. The van der Waals surface area contributed by atoms with Crippen molar-refractivity contribution in [3.05, 3.63) is 34.3 Å². The number of hydrogen-bond donors (Lipinski definition) is 1. The summed E-state index contributed by atoms with van der Waals surface area (Å²) >= 11 is 3.41. The maximum Gasteiger partial charge on any atom is 0.252 e. The van der Waals surface area contributed by atoms with Gasteiger partial charge in [-0.05, 0) is 47.3 Å². The first-order chi connectivity index (χ1) is 9.74. The lowest BCUT2D eigenvalue weighted by Gasteiger charge is -2.39. The van der Waals surface area contributed by atoms with Gasteiger partial charge in [0.1, 0.15) is 0 Å². The van der Waals surface area contributed by atoms with E-state index in [-0.39, 0.29) is 24.2 Å². The normalized spacial score (nSPS) is 29.6. The summed E-state index contributed by atoms with van der Waals surface area (Å²) < 4.78 is 12.3. The largest absolute Gasteiger partial charge is 0.373 e. The summed E-state index contributed by atoms with van der Waals surface area (Å²) in [6.45, 7) is 1.35. The third-order valence-electron chi connectivity index (χ3n) is 3.93. The van der Waals surface area contributed by atoms with Gasteiger partial charge < -0.3 is 14.8 Å². The third-order valence-corrected chi connectivity index (χ3v) is 4.62. The van der Waals surface area contributed by atoms with Crippen molar-refractivity contribution >= 4 is 21.8 Å². The molecule has 1 amide bonds. The number of benzene rings is 1. The molecule has 0 bridgehead atoms. The van der Waals surface area contributed by atoms with E-state index in [4.69, 9.17) is 9.47 Å². The zero-order chi connectivity index (χ0) is 13.9. The summed E-state index contributed by atoms with van der Waals surface area (Å²) in [5.74, 6) is -0.0300. The number of carbonyl (C=O) groups is 1. The van der Waals surface area contributed by atoms with Gasteiger partial charge in [-0.1, -0.05) is 12.1 Å². The fraction of sp³-hybridized carbons (Fsp3) is 0.533. The van der Waals surface area contributed by atoms with Crippen molar-refractivity contribution in [1.29, 1.82) is 0 Å². The summed E-state index contributed by atoms with van der Waals surface area (Å²) in [7, 11) is 0. The molecule has 0 spiro atoms. The lowest BCUT2D eigenvalue weighted by Crippen LogP contribution is -2.49. The number of carbonyl (C=O) groups excluding carboxylic acids is 1. The Morgan fingerprint density at radius 3 is 2.70 bits per heavy atom. The van der Waals surface area contributed by atoms with E-state index in [2.05, 4.69) is 21.2 Å². The second-order valence-electron chi connectivity index (χ2n) is 5.28. The molecular weight excluding hydrogens is 322 g/mol. The van der Waals surface area contributed by atoms with E-state index >= 15 is 0 Å². The van der Waals surface area contributed by atoms with E-state index in [1.54, 1.807) is 0 Å². The van der Waals surface area contributed by atoms with Crippen LogP contribution in [0.1, 0.15) is 29.6 Å². The van der Waals surface area contributed by atoms with Crippen LogP contribution in [0.4, 0.5) is 0 Å². The molecule has 1 saturated carbocycles. The highest BCUT2D eigenvalue weighted by Gasteiger charge is 2.34. The Morgan fingerprint density at radius 1 is 1.15 bits per heavy atom. The molecule has 1 aromatic carbocycles. The van der Waals surface area contributed by atoms with Crippen molar-refractivity contribution in [2.24, 2.45) is 0 Å². The Balaban J connectivity index is 1.61. The Hall–Kier alpha value is -0.910. The molecule has 1 aliphatic carbocycles. The molecule has 1 aliphatic heterocycles. The molecule has 2 fully saturated rings. The van der Waals surface area contributed by atoms with Crippen molar-refractivity contribution in [2.45, 2.75) is 37.5 Å². The van der Waals surface area contributed by atoms with Crippen molar-refractivity contribution in [3.63, 3.8) is 0 Å². The van der Waals surface area contributed by atoms with Crippen LogP contribution in [0.5, 0.6) is 0 Å². The molecular formula is C15H18BrNO3. The first kappa shape index (κ1) is 14.0. The van der Waals surface area contributed by atoms with Crippen LogP contribution >= 0.6 is 15.9 Å². The molecule has 3 rings (SSSR count). The predicted octanol–water partition coefficient (Wildman–Crippen LogP) is 2.52. The van der Waals surface area contributed by atoms with E-state index in [9.17, 15) is 4.79 Å². The van der Waals surface area contributed by atoms with Gasteiger partial charge in [0.05, 0.1) is 31.0 Å². The number of hydrogen-bond acceptors (Lipinski definition) is 3. The second kappa shape index (κ2) is 6.24. The smallest absolute Gasteiger partial charge is 0.252 e. The van der Waals surface area contributed by atoms with Gasteiger partial charge in [0.2, 0.25) is 0 Å². The Morgan fingerprint density at radius 2 is 1.90 bits per heavy atom. The van der Waals surface area contributed by atoms with E-state index < -0.39 is 0 Å². The van der Waals surface area contributed by atoms with Gasteiger partial charge in [-0.3, -0.25) is 4.79 Å². The monoisotopic (exact) mass is 339 g/mol. The predicted molar refractivity (Wildman–Crippen MR) is 78.7 cm³/mol. The maximum absolute atomic E-state index is 12.3. The first-order valence-electron chi connectivity index (χ1n) is 7.02. The molecule has 5 heteroatoms. The molecule has 1 N–H and O–H groups in total. The molecule has 1 heterocycles. The van der Waals surface area contributed by atoms with Crippen molar-refractivity contribution < 1.29 is 14.3 Å². The molecule has 1 saturated heterocycles. The molecule has 4 nitrogen and oxygen atoms in total. The minimum absolute atomic E-state index is 0.0300. The molecule has 0 aromatic heterocycles. The van der Waals surface area contributed by atoms with Crippen molar-refractivity contribution in [1.82, 2.24) is 5.32 Å². The number of nitrogens with one attached hydrogen (secondary N) is 1. The Kier molecular flexibility index (Phi) is 4.38. The number of amides is 1. The average Bonchev–Trinajstić information content (AvgIpc) is 2.47. The van der Waals surface area contributed by atoms with Crippen LogP contribution in [0.15, 0.2) is 28.7 Å². The van der Waals surface area contributed by atoms with Gasteiger partial charge in [0.25, 0.3) is 5.91 Å². The quantitative estimate of drug-likeness (QED) is 0.900. The highest BCUT2D eigenvalue weighted by atomic mass is 79.9. The van der Waals surface area contributed by atoms with Crippen LogP contribution in [-0.2, 0) is 9.47 Å². The van der Waals surface area contributed by atoms with Gasteiger partial charge >= 0.3 is 0 Å². The van der Waals surface area contributed by atoms with Gasteiger partial charge in [0.15, 0.2) is 0 Å². The van der Waals surface area contributed by atoms with E-state index in [1.165, 1.54) is 0 Å². The van der Waals surface area contributed by atoms with Crippen molar-refractivity contribution in [2.75, 3.05) is 13.2 Å². The topological polar surface area (TPSA) is 47.6 Å². The third kappa shape index (κ3) is 3.05. The molecule has 2 aliphatic rings. The minimum Gasteiger partial charge on any atom is -0.373 e. The number of fused-ring (bicyclic) bond motifs is 1. The zero-order valence-electron chi connectivity index (χ0n) is 11.2. The fourth-order valence-corrected chi connectivity index (χ4v) is 3.37. The molecule has 3 atom stereocenters. The fourth-order valence-electron chi connectivity index (χ4n) is 2.91. The van der Waals surface area contributed by atoms with Gasteiger partial charge in [0, 0.05) is 10.5 Å². The van der Waals surface area contributed by atoms with E-state index in [0.717, 1.165) is 23.7 Å².